The molecule has 5 rings (SSSR count). The van der Waals surface area contributed by atoms with Crippen molar-refractivity contribution < 1.29 is 33.1 Å². The van der Waals surface area contributed by atoms with Gasteiger partial charge in [0.2, 0.25) is 5.82 Å². The molecule has 3 amide bonds. The van der Waals surface area contributed by atoms with Gasteiger partial charge in [-0.2, -0.15) is 4.98 Å². The number of carboxylic acids is 1. The Labute approximate surface area is 271 Å². The van der Waals surface area contributed by atoms with Crippen LogP contribution in [-0.4, -0.2) is 76.1 Å². The molecule has 4 aromatic rings. The Kier molecular flexibility index (Phi) is 9.73. The summed E-state index contributed by atoms with van der Waals surface area (Å²) in [5.74, 6) is -1.75. The third-order valence-electron chi connectivity index (χ3n) is 7.48. The van der Waals surface area contributed by atoms with Gasteiger partial charge in [0, 0.05) is 49.5 Å². The van der Waals surface area contributed by atoms with E-state index in [-0.39, 0.29) is 23.7 Å². The van der Waals surface area contributed by atoms with Crippen molar-refractivity contribution in [3.63, 3.8) is 0 Å². The normalized spacial score (nSPS) is 14.0. The lowest BCUT2D eigenvalue weighted by atomic mass is 10.0. The van der Waals surface area contributed by atoms with E-state index in [1.807, 2.05) is 31.2 Å². The first kappa shape index (κ1) is 32.9. The molecular formula is C34H37FN6O6. The number of ether oxygens (including phenoxy) is 1. The number of amides is 3. The van der Waals surface area contributed by atoms with Gasteiger partial charge in [0.05, 0.1) is 5.56 Å². The summed E-state index contributed by atoms with van der Waals surface area (Å²) in [5.41, 5.74) is 3.09. The van der Waals surface area contributed by atoms with Crippen LogP contribution in [0.3, 0.4) is 0 Å². The highest BCUT2D eigenvalue weighted by Gasteiger charge is 2.27. The first-order valence-corrected chi connectivity index (χ1v) is 15.2. The van der Waals surface area contributed by atoms with Crippen LogP contribution >= 0.6 is 0 Å². The molecule has 1 unspecified atom stereocenters. The largest absolute Gasteiger partial charge is 0.480 e. The summed E-state index contributed by atoms with van der Waals surface area (Å²) in [6.07, 6.45) is -0.711. The number of rotatable bonds is 8. The van der Waals surface area contributed by atoms with Crippen LogP contribution < -0.4 is 15.5 Å². The number of aryl methyl sites for hydroxylation is 1. The highest BCUT2D eigenvalue weighted by Crippen LogP contribution is 2.26. The van der Waals surface area contributed by atoms with Crippen LogP contribution in [0.1, 0.15) is 31.9 Å². The maximum atomic E-state index is 15.2. The third-order valence-corrected chi connectivity index (χ3v) is 7.48. The second-order valence-electron chi connectivity index (χ2n) is 12.3. The average molecular weight is 645 g/mol. The minimum absolute atomic E-state index is 0.00729. The van der Waals surface area contributed by atoms with Crippen LogP contribution in [0.25, 0.3) is 22.8 Å². The standard InChI is InChI=1S/C34H37FN6O6/c1-21-5-12-25(13-6-21)40-15-17-41(18-16-40)32(44)37-28(31(42)43)20-22-7-14-26(27(35)19-22)29-38-30(47-39-29)23-8-10-24(11-9-23)36-33(45)46-34(2,3)4/h5-14,19,28H,15-18,20H2,1-4H3,(H,36,45)(H,37,44)(H,42,43). The van der Waals surface area contributed by atoms with Crippen molar-refractivity contribution in [2.24, 2.45) is 0 Å². The van der Waals surface area contributed by atoms with E-state index >= 15 is 4.39 Å². The van der Waals surface area contributed by atoms with Gasteiger partial charge in [-0.1, -0.05) is 28.9 Å². The number of anilines is 2. The SMILES string of the molecule is Cc1ccc(N2CCN(C(=O)NC(Cc3ccc(-c4noc(-c5ccc(NC(=O)OC(C)(C)C)cc5)n4)c(F)c3)C(=O)O)CC2)cc1. The molecule has 1 aromatic heterocycles. The number of halogens is 1. The molecule has 12 nitrogen and oxygen atoms in total. The maximum Gasteiger partial charge on any atom is 0.412 e. The van der Waals surface area contributed by atoms with Crippen molar-refractivity contribution in [2.45, 2.75) is 45.8 Å². The average Bonchev–Trinajstić information content (AvgIpc) is 3.50. The number of hydrogen-bond acceptors (Lipinski definition) is 8. The Bertz CT molecular complexity index is 1730. The lowest BCUT2D eigenvalue weighted by Gasteiger charge is -2.36. The number of carbonyl (C=O) groups is 3. The number of nitrogens with one attached hydrogen (secondary N) is 2. The summed E-state index contributed by atoms with van der Waals surface area (Å²) in [7, 11) is 0. The Hall–Kier alpha value is -5.46. The fourth-order valence-electron chi connectivity index (χ4n) is 5.03. The molecule has 1 saturated heterocycles. The monoisotopic (exact) mass is 644 g/mol. The Morgan fingerprint density at radius 2 is 1.68 bits per heavy atom. The lowest BCUT2D eigenvalue weighted by Crippen LogP contribution is -2.55. The zero-order valence-corrected chi connectivity index (χ0v) is 26.6. The van der Waals surface area contributed by atoms with E-state index in [2.05, 4.69) is 25.7 Å². The Balaban J connectivity index is 1.18. The zero-order chi connectivity index (χ0) is 33.7. The van der Waals surface area contributed by atoms with Crippen LogP contribution in [0.15, 0.2) is 71.3 Å². The molecule has 246 valence electrons. The molecule has 0 saturated carbocycles. The quantitative estimate of drug-likeness (QED) is 0.219. The van der Waals surface area contributed by atoms with Crippen molar-refractivity contribution in [3.8, 4) is 22.8 Å². The van der Waals surface area contributed by atoms with Gasteiger partial charge in [-0.15, -0.1) is 0 Å². The molecule has 3 N–H and O–H groups in total. The second kappa shape index (κ2) is 13.9. The molecular weight excluding hydrogens is 607 g/mol. The van der Waals surface area contributed by atoms with Gasteiger partial charge in [-0.05, 0) is 81.8 Å². The number of nitrogens with zero attached hydrogens (tertiary/aromatic N) is 4. The number of hydrogen-bond donors (Lipinski definition) is 3. The molecule has 0 spiro atoms. The molecule has 1 atom stereocenters. The van der Waals surface area contributed by atoms with Gasteiger partial charge in [0.25, 0.3) is 5.89 Å². The van der Waals surface area contributed by atoms with Gasteiger partial charge in [-0.3, -0.25) is 5.32 Å². The summed E-state index contributed by atoms with van der Waals surface area (Å²) in [6, 6.07) is 17.2. The Morgan fingerprint density at radius 3 is 2.30 bits per heavy atom. The second-order valence-corrected chi connectivity index (χ2v) is 12.3. The van der Waals surface area contributed by atoms with E-state index in [1.54, 1.807) is 56.0 Å². The van der Waals surface area contributed by atoms with E-state index < -0.39 is 35.6 Å². The number of benzene rings is 3. The molecule has 0 radical (unpaired) electrons. The summed E-state index contributed by atoms with van der Waals surface area (Å²) in [4.78, 5) is 45.0. The predicted octanol–water partition coefficient (Wildman–Crippen LogP) is 5.73. The molecule has 3 aromatic carbocycles. The number of aliphatic carboxylic acids is 1. The first-order valence-electron chi connectivity index (χ1n) is 15.2. The van der Waals surface area contributed by atoms with Gasteiger partial charge in [0.1, 0.15) is 17.5 Å². The molecule has 1 fully saturated rings. The van der Waals surface area contributed by atoms with E-state index in [0.717, 1.165) is 5.69 Å². The van der Waals surface area contributed by atoms with Gasteiger partial charge in [0.15, 0.2) is 0 Å². The van der Waals surface area contributed by atoms with Gasteiger partial charge >= 0.3 is 18.1 Å². The van der Waals surface area contributed by atoms with Crippen LogP contribution in [0.2, 0.25) is 0 Å². The fourth-order valence-corrected chi connectivity index (χ4v) is 5.03. The molecule has 1 aliphatic rings. The Morgan fingerprint density at radius 1 is 1.00 bits per heavy atom. The van der Waals surface area contributed by atoms with E-state index in [9.17, 15) is 19.5 Å². The lowest BCUT2D eigenvalue weighted by molar-refractivity contribution is -0.139. The molecule has 2 heterocycles. The fraction of sp³-hybridized carbons (Fsp3) is 0.324. The molecule has 1 aliphatic heterocycles. The van der Waals surface area contributed by atoms with Gasteiger partial charge in [-0.25, -0.2) is 18.8 Å². The van der Waals surface area contributed by atoms with Crippen LogP contribution in [-0.2, 0) is 16.0 Å². The summed E-state index contributed by atoms with van der Waals surface area (Å²) in [6.45, 7) is 9.44. The van der Waals surface area contributed by atoms with Crippen molar-refractivity contribution in [2.75, 3.05) is 36.4 Å². The number of aromatic nitrogens is 2. The van der Waals surface area contributed by atoms with E-state index in [4.69, 9.17) is 9.26 Å². The summed E-state index contributed by atoms with van der Waals surface area (Å²) in [5, 5.41) is 18.9. The molecule has 47 heavy (non-hydrogen) atoms. The smallest absolute Gasteiger partial charge is 0.412 e. The minimum atomic E-state index is -1.26. The van der Waals surface area contributed by atoms with Crippen molar-refractivity contribution in [1.29, 1.82) is 0 Å². The van der Waals surface area contributed by atoms with Crippen LogP contribution in [0.5, 0.6) is 0 Å². The van der Waals surface area contributed by atoms with E-state index in [1.165, 1.54) is 17.7 Å². The summed E-state index contributed by atoms with van der Waals surface area (Å²) >= 11 is 0. The van der Waals surface area contributed by atoms with Crippen molar-refractivity contribution >= 4 is 29.5 Å². The molecule has 0 aliphatic carbocycles. The number of piperazine rings is 1. The highest BCUT2D eigenvalue weighted by molar-refractivity contribution is 5.85. The third kappa shape index (κ3) is 8.63. The highest BCUT2D eigenvalue weighted by atomic mass is 19.1. The van der Waals surface area contributed by atoms with Crippen LogP contribution in [0.4, 0.5) is 25.4 Å². The number of carboxylic acid groups (broad SMARTS) is 1. The molecule has 0 bridgehead atoms. The van der Waals surface area contributed by atoms with Crippen molar-refractivity contribution in [3.05, 3.63) is 83.7 Å². The zero-order valence-electron chi connectivity index (χ0n) is 26.6. The van der Waals surface area contributed by atoms with Crippen molar-refractivity contribution in [1.82, 2.24) is 20.4 Å². The topological polar surface area (TPSA) is 150 Å². The molecule has 13 heteroatoms. The van der Waals surface area contributed by atoms with E-state index in [0.29, 0.717) is 43.0 Å². The predicted molar refractivity (Wildman–Crippen MR) is 174 cm³/mol. The maximum absolute atomic E-state index is 15.2. The van der Waals surface area contributed by atoms with Crippen LogP contribution in [0, 0.1) is 12.7 Å². The summed E-state index contributed by atoms with van der Waals surface area (Å²) < 4.78 is 25.8. The van der Waals surface area contributed by atoms with Gasteiger partial charge < -0.3 is 29.5 Å². The first-order chi connectivity index (χ1) is 22.3. The number of urea groups is 1. The minimum Gasteiger partial charge on any atom is -0.480 e. The number of carbonyl (C=O) groups excluding carboxylic acids is 2.